The van der Waals surface area contributed by atoms with E-state index in [-0.39, 0.29) is 17.9 Å². The SMILES string of the molecule is C[C@H](NC(=O)C1CCC(N)C1)C1CCCC1. The monoisotopic (exact) mass is 224 g/mol. The maximum atomic E-state index is 12.0. The minimum atomic E-state index is 0.179. The number of carbonyl (C=O) groups is 1. The number of hydrogen-bond donors (Lipinski definition) is 2. The van der Waals surface area contributed by atoms with Crippen LogP contribution < -0.4 is 11.1 Å². The van der Waals surface area contributed by atoms with E-state index in [2.05, 4.69) is 12.2 Å². The van der Waals surface area contributed by atoms with E-state index < -0.39 is 0 Å². The molecule has 2 unspecified atom stereocenters. The topological polar surface area (TPSA) is 55.1 Å². The van der Waals surface area contributed by atoms with Gasteiger partial charge in [0, 0.05) is 18.0 Å². The average Bonchev–Trinajstić information content (AvgIpc) is 2.87. The van der Waals surface area contributed by atoms with Gasteiger partial charge in [-0.05, 0) is 44.9 Å². The molecule has 0 aromatic heterocycles. The van der Waals surface area contributed by atoms with E-state index in [0.717, 1.165) is 19.3 Å². The van der Waals surface area contributed by atoms with Gasteiger partial charge in [0.05, 0.1) is 0 Å². The van der Waals surface area contributed by atoms with E-state index in [9.17, 15) is 4.79 Å². The van der Waals surface area contributed by atoms with E-state index in [0.29, 0.717) is 12.0 Å². The first-order valence-electron chi connectivity index (χ1n) is 6.72. The van der Waals surface area contributed by atoms with Gasteiger partial charge in [-0.2, -0.15) is 0 Å². The van der Waals surface area contributed by atoms with Crippen molar-refractivity contribution < 1.29 is 4.79 Å². The largest absolute Gasteiger partial charge is 0.353 e. The zero-order chi connectivity index (χ0) is 11.5. The molecule has 0 radical (unpaired) electrons. The molecule has 0 bridgehead atoms. The molecule has 1 amide bonds. The van der Waals surface area contributed by atoms with Crippen LogP contribution in [0.4, 0.5) is 0 Å². The Kier molecular flexibility index (Phi) is 3.85. The Morgan fingerprint density at radius 3 is 2.50 bits per heavy atom. The standard InChI is InChI=1S/C13H24N2O/c1-9(10-4-2-3-5-10)15-13(16)11-6-7-12(14)8-11/h9-12H,2-8,14H2,1H3,(H,15,16)/t9-,11?,12?/m0/s1. The maximum Gasteiger partial charge on any atom is 0.223 e. The molecule has 0 aromatic carbocycles. The summed E-state index contributed by atoms with van der Waals surface area (Å²) in [6, 6.07) is 0.601. The molecule has 3 nitrogen and oxygen atoms in total. The zero-order valence-corrected chi connectivity index (χ0v) is 10.2. The smallest absolute Gasteiger partial charge is 0.223 e. The van der Waals surface area contributed by atoms with Crippen molar-refractivity contribution >= 4 is 5.91 Å². The fourth-order valence-corrected chi connectivity index (χ4v) is 3.17. The van der Waals surface area contributed by atoms with E-state index >= 15 is 0 Å². The highest BCUT2D eigenvalue weighted by atomic mass is 16.1. The Morgan fingerprint density at radius 2 is 1.94 bits per heavy atom. The van der Waals surface area contributed by atoms with Gasteiger partial charge in [0.25, 0.3) is 0 Å². The molecule has 0 aliphatic heterocycles. The fraction of sp³-hybridized carbons (Fsp3) is 0.923. The number of carbonyl (C=O) groups excluding carboxylic acids is 1. The molecule has 2 fully saturated rings. The van der Waals surface area contributed by atoms with Crippen LogP contribution in [-0.4, -0.2) is 18.0 Å². The van der Waals surface area contributed by atoms with Crippen molar-refractivity contribution in [3.05, 3.63) is 0 Å². The highest BCUT2D eigenvalue weighted by molar-refractivity contribution is 5.79. The lowest BCUT2D eigenvalue weighted by Gasteiger charge is -2.22. The van der Waals surface area contributed by atoms with Crippen LogP contribution in [0.1, 0.15) is 51.9 Å². The summed E-state index contributed by atoms with van der Waals surface area (Å²) < 4.78 is 0. The molecule has 92 valence electrons. The second-order valence-electron chi connectivity index (χ2n) is 5.61. The highest BCUT2D eigenvalue weighted by Crippen LogP contribution is 2.29. The van der Waals surface area contributed by atoms with Crippen molar-refractivity contribution in [2.24, 2.45) is 17.6 Å². The average molecular weight is 224 g/mol. The lowest BCUT2D eigenvalue weighted by atomic mass is 9.98. The van der Waals surface area contributed by atoms with Gasteiger partial charge in [0.1, 0.15) is 0 Å². The Labute approximate surface area is 98.2 Å². The third-order valence-corrected chi connectivity index (χ3v) is 4.32. The van der Waals surface area contributed by atoms with Gasteiger partial charge >= 0.3 is 0 Å². The van der Waals surface area contributed by atoms with Crippen LogP contribution >= 0.6 is 0 Å². The van der Waals surface area contributed by atoms with E-state index in [1.807, 2.05) is 0 Å². The van der Waals surface area contributed by atoms with Crippen LogP contribution in [0.5, 0.6) is 0 Å². The normalized spacial score (nSPS) is 32.9. The van der Waals surface area contributed by atoms with Crippen molar-refractivity contribution in [2.45, 2.75) is 64.0 Å². The lowest BCUT2D eigenvalue weighted by Crippen LogP contribution is -2.40. The van der Waals surface area contributed by atoms with Gasteiger partial charge in [-0.3, -0.25) is 4.79 Å². The molecular weight excluding hydrogens is 200 g/mol. The first-order chi connectivity index (χ1) is 7.66. The molecule has 0 heterocycles. The van der Waals surface area contributed by atoms with Crippen LogP contribution in [0, 0.1) is 11.8 Å². The van der Waals surface area contributed by atoms with E-state index in [1.165, 1.54) is 25.7 Å². The Hall–Kier alpha value is -0.570. The Morgan fingerprint density at radius 1 is 1.25 bits per heavy atom. The molecule has 2 aliphatic rings. The zero-order valence-electron chi connectivity index (χ0n) is 10.2. The van der Waals surface area contributed by atoms with Crippen molar-refractivity contribution in [3.63, 3.8) is 0 Å². The van der Waals surface area contributed by atoms with Crippen LogP contribution in [-0.2, 0) is 4.79 Å². The first kappa shape index (κ1) is 11.9. The van der Waals surface area contributed by atoms with Crippen LogP contribution in [0.25, 0.3) is 0 Å². The number of nitrogens with one attached hydrogen (secondary N) is 1. The fourth-order valence-electron chi connectivity index (χ4n) is 3.17. The van der Waals surface area contributed by atoms with E-state index in [1.54, 1.807) is 0 Å². The van der Waals surface area contributed by atoms with Crippen molar-refractivity contribution in [1.82, 2.24) is 5.32 Å². The molecule has 0 saturated heterocycles. The molecule has 0 aromatic rings. The molecule has 3 heteroatoms. The van der Waals surface area contributed by atoms with Gasteiger partial charge in [-0.25, -0.2) is 0 Å². The molecule has 2 saturated carbocycles. The van der Waals surface area contributed by atoms with Crippen molar-refractivity contribution in [1.29, 1.82) is 0 Å². The molecule has 3 atom stereocenters. The van der Waals surface area contributed by atoms with Crippen LogP contribution in [0.3, 0.4) is 0 Å². The molecule has 2 rings (SSSR count). The summed E-state index contributed by atoms with van der Waals surface area (Å²) in [7, 11) is 0. The second-order valence-corrected chi connectivity index (χ2v) is 5.61. The van der Waals surface area contributed by atoms with Gasteiger partial charge in [0.15, 0.2) is 0 Å². The number of amides is 1. The lowest BCUT2D eigenvalue weighted by molar-refractivity contribution is -0.125. The Bertz CT molecular complexity index is 248. The van der Waals surface area contributed by atoms with Gasteiger partial charge in [-0.1, -0.05) is 12.8 Å². The summed E-state index contributed by atoms with van der Waals surface area (Å²) in [5.41, 5.74) is 5.84. The van der Waals surface area contributed by atoms with E-state index in [4.69, 9.17) is 5.73 Å². The quantitative estimate of drug-likeness (QED) is 0.768. The summed E-state index contributed by atoms with van der Waals surface area (Å²) in [4.78, 5) is 12.0. The molecule has 2 aliphatic carbocycles. The third kappa shape index (κ3) is 2.76. The van der Waals surface area contributed by atoms with Gasteiger partial charge in [0.2, 0.25) is 5.91 Å². The molecule has 3 N–H and O–H groups in total. The summed E-state index contributed by atoms with van der Waals surface area (Å²) >= 11 is 0. The molecular formula is C13H24N2O. The molecule has 0 spiro atoms. The summed E-state index contributed by atoms with van der Waals surface area (Å²) in [6.45, 7) is 2.16. The summed E-state index contributed by atoms with van der Waals surface area (Å²) in [5, 5.41) is 3.19. The van der Waals surface area contributed by atoms with Crippen LogP contribution in [0.2, 0.25) is 0 Å². The van der Waals surface area contributed by atoms with Crippen molar-refractivity contribution in [2.75, 3.05) is 0 Å². The maximum absolute atomic E-state index is 12.0. The third-order valence-electron chi connectivity index (χ3n) is 4.32. The highest BCUT2D eigenvalue weighted by Gasteiger charge is 2.30. The first-order valence-corrected chi connectivity index (χ1v) is 6.72. The minimum Gasteiger partial charge on any atom is -0.353 e. The number of nitrogens with two attached hydrogens (primary N) is 1. The van der Waals surface area contributed by atoms with Crippen molar-refractivity contribution in [3.8, 4) is 0 Å². The summed E-state index contributed by atoms with van der Waals surface area (Å²) in [5.74, 6) is 1.13. The molecule has 16 heavy (non-hydrogen) atoms. The van der Waals surface area contributed by atoms with Gasteiger partial charge in [-0.15, -0.1) is 0 Å². The van der Waals surface area contributed by atoms with Gasteiger partial charge < -0.3 is 11.1 Å². The van der Waals surface area contributed by atoms with Crippen LogP contribution in [0.15, 0.2) is 0 Å². The number of hydrogen-bond acceptors (Lipinski definition) is 2. The number of rotatable bonds is 3. The Balaban J connectivity index is 1.77. The second kappa shape index (κ2) is 5.17. The predicted octanol–water partition coefficient (Wildman–Crippen LogP) is 1.81. The predicted molar refractivity (Wildman–Crippen MR) is 64.9 cm³/mol. The minimum absolute atomic E-state index is 0.179. The summed E-state index contributed by atoms with van der Waals surface area (Å²) in [6.07, 6.45) is 8.10.